The van der Waals surface area contributed by atoms with Gasteiger partial charge in [0.2, 0.25) is 5.95 Å². The monoisotopic (exact) mass is 495 g/mol. The molecule has 3 aromatic rings. The molecule has 1 aromatic carbocycles. The van der Waals surface area contributed by atoms with Crippen molar-refractivity contribution in [3.63, 3.8) is 0 Å². The molecule has 4 rings (SSSR count). The van der Waals surface area contributed by atoms with E-state index in [1.54, 1.807) is 6.20 Å². The van der Waals surface area contributed by atoms with Gasteiger partial charge in [-0.1, -0.05) is 34.1 Å². The summed E-state index contributed by atoms with van der Waals surface area (Å²) in [4.78, 5) is 23.8. The van der Waals surface area contributed by atoms with Gasteiger partial charge in [0.15, 0.2) is 5.82 Å². The maximum absolute atomic E-state index is 12.9. The molecule has 1 amide bonds. The van der Waals surface area contributed by atoms with Crippen LogP contribution in [0.1, 0.15) is 66.9 Å². The molecule has 1 aliphatic rings. The predicted molar refractivity (Wildman–Crippen MR) is 147 cm³/mol. The lowest BCUT2D eigenvalue weighted by Crippen LogP contribution is -2.41. The first kappa shape index (κ1) is 28.8. The lowest BCUT2D eigenvalue weighted by molar-refractivity contribution is 0.0302. The van der Waals surface area contributed by atoms with Gasteiger partial charge in [-0.2, -0.15) is 10.1 Å². The van der Waals surface area contributed by atoms with Crippen molar-refractivity contribution in [2.45, 2.75) is 61.8 Å². The summed E-state index contributed by atoms with van der Waals surface area (Å²) in [6, 6.07) is 5.80. The Bertz CT molecular complexity index is 1120. The molecule has 3 N–H and O–H groups in total. The van der Waals surface area contributed by atoms with Gasteiger partial charge >= 0.3 is 0 Å². The molecule has 196 valence electrons. The number of H-pyrrole nitrogens is 1. The first-order chi connectivity index (χ1) is 17.3. The smallest absolute Gasteiger partial charge is 0.254 e. The number of rotatable bonds is 5. The van der Waals surface area contributed by atoms with Crippen LogP contribution in [0.3, 0.4) is 0 Å². The number of carbonyl (C=O) groups excluding carboxylic acids is 1. The second-order valence-electron chi connectivity index (χ2n) is 8.51. The lowest BCUT2D eigenvalue weighted by Gasteiger charge is -2.27. The van der Waals surface area contributed by atoms with Crippen LogP contribution in [0.2, 0.25) is 0 Å². The van der Waals surface area contributed by atoms with Crippen LogP contribution in [0.4, 0.5) is 23.3 Å². The third-order valence-corrected chi connectivity index (χ3v) is 5.27. The van der Waals surface area contributed by atoms with Gasteiger partial charge in [-0.3, -0.25) is 9.89 Å². The molecule has 1 aliphatic heterocycles. The van der Waals surface area contributed by atoms with Crippen molar-refractivity contribution in [1.29, 1.82) is 0 Å². The van der Waals surface area contributed by atoms with E-state index >= 15 is 0 Å². The maximum Gasteiger partial charge on any atom is 0.254 e. The highest BCUT2D eigenvalue weighted by atomic mass is 16.5. The first-order valence-corrected chi connectivity index (χ1v) is 12.7. The van der Waals surface area contributed by atoms with E-state index in [0.29, 0.717) is 49.5 Å². The molecule has 1 saturated heterocycles. The number of aryl methyl sites for hydroxylation is 4. The lowest BCUT2D eigenvalue weighted by atomic mass is 10.0. The second kappa shape index (κ2) is 14.2. The van der Waals surface area contributed by atoms with Crippen LogP contribution in [0.5, 0.6) is 0 Å². The summed E-state index contributed by atoms with van der Waals surface area (Å²) in [5, 5.41) is 13.6. The molecule has 0 bridgehead atoms. The van der Waals surface area contributed by atoms with Gasteiger partial charge in [0.25, 0.3) is 5.91 Å². The first-order valence-electron chi connectivity index (χ1n) is 12.7. The summed E-state index contributed by atoms with van der Waals surface area (Å²) in [5.41, 5.74) is 5.30. The zero-order valence-electron chi connectivity index (χ0n) is 23.0. The standard InChI is InChI=1S/C22H27N7O2.C3H8.C2H6/c1-13-10-18(14(2)9-17(13)21(30)29-5-7-31-8-6-29)24-22-23-12-15(3)20(26-22)25-19-11-16(4)27-28-19;1-3-2;1-2/h9-12H,5-8H2,1-4H3,(H3,23,24,25,26,27,28);3H2,1-2H3;1-2H3. The van der Waals surface area contributed by atoms with Crippen LogP contribution in [0.15, 0.2) is 24.4 Å². The van der Waals surface area contributed by atoms with Crippen molar-refractivity contribution in [2.24, 2.45) is 0 Å². The fraction of sp³-hybridized carbons (Fsp3) is 0.481. The Morgan fingerprint density at radius 2 is 1.67 bits per heavy atom. The van der Waals surface area contributed by atoms with E-state index in [9.17, 15) is 4.79 Å². The Morgan fingerprint density at radius 1 is 1.00 bits per heavy atom. The summed E-state index contributed by atoms with van der Waals surface area (Å²) in [5.74, 6) is 1.89. The minimum absolute atomic E-state index is 0.0443. The third kappa shape index (κ3) is 7.78. The maximum atomic E-state index is 12.9. The number of anilines is 4. The Kier molecular flexibility index (Phi) is 11.3. The molecular formula is C27H41N7O2. The molecule has 0 spiro atoms. The van der Waals surface area contributed by atoms with Crippen LogP contribution < -0.4 is 10.6 Å². The van der Waals surface area contributed by atoms with Gasteiger partial charge in [-0.15, -0.1) is 0 Å². The minimum Gasteiger partial charge on any atom is -0.378 e. The van der Waals surface area contributed by atoms with Gasteiger partial charge in [0, 0.05) is 47.9 Å². The summed E-state index contributed by atoms with van der Waals surface area (Å²) in [7, 11) is 0. The number of morpholine rings is 1. The molecular weight excluding hydrogens is 454 g/mol. The van der Waals surface area contributed by atoms with Crippen LogP contribution in [0, 0.1) is 27.7 Å². The van der Waals surface area contributed by atoms with E-state index < -0.39 is 0 Å². The third-order valence-electron chi connectivity index (χ3n) is 5.27. The van der Waals surface area contributed by atoms with E-state index in [2.05, 4.69) is 44.6 Å². The topological polar surface area (TPSA) is 108 Å². The van der Waals surface area contributed by atoms with Crippen LogP contribution in [0.25, 0.3) is 0 Å². The number of aromatic nitrogens is 4. The van der Waals surface area contributed by atoms with Gasteiger partial charge in [-0.25, -0.2) is 4.98 Å². The highest BCUT2D eigenvalue weighted by molar-refractivity contribution is 5.96. The fourth-order valence-electron chi connectivity index (χ4n) is 3.47. The molecule has 36 heavy (non-hydrogen) atoms. The Hall–Kier alpha value is -3.46. The van der Waals surface area contributed by atoms with E-state index in [0.717, 1.165) is 28.1 Å². The molecule has 2 aromatic heterocycles. The Balaban J connectivity index is 0.000000850. The molecule has 0 atom stereocenters. The molecule has 0 saturated carbocycles. The number of nitrogens with zero attached hydrogens (tertiary/aromatic N) is 4. The molecule has 9 heteroatoms. The van der Waals surface area contributed by atoms with Crippen LogP contribution in [-0.4, -0.2) is 57.3 Å². The van der Waals surface area contributed by atoms with Gasteiger partial charge < -0.3 is 20.3 Å². The number of aromatic amines is 1. The van der Waals surface area contributed by atoms with E-state index in [-0.39, 0.29) is 5.91 Å². The molecule has 0 radical (unpaired) electrons. The summed E-state index contributed by atoms with van der Waals surface area (Å²) in [6.07, 6.45) is 3.01. The number of hydrogen-bond donors (Lipinski definition) is 3. The van der Waals surface area contributed by atoms with E-state index in [1.165, 1.54) is 6.42 Å². The average molecular weight is 496 g/mol. The summed E-state index contributed by atoms with van der Waals surface area (Å²) >= 11 is 0. The minimum atomic E-state index is 0.0443. The summed E-state index contributed by atoms with van der Waals surface area (Å²) in [6.45, 7) is 18.5. The quantitative estimate of drug-likeness (QED) is 0.408. The molecule has 0 unspecified atom stereocenters. The number of amides is 1. The van der Waals surface area contributed by atoms with Crippen molar-refractivity contribution in [3.8, 4) is 0 Å². The fourth-order valence-corrected chi connectivity index (χ4v) is 3.47. The Labute approximate surface area is 215 Å². The van der Waals surface area contributed by atoms with Crippen molar-refractivity contribution < 1.29 is 9.53 Å². The van der Waals surface area contributed by atoms with Crippen LogP contribution >= 0.6 is 0 Å². The van der Waals surface area contributed by atoms with E-state index in [1.807, 2.05) is 64.6 Å². The number of benzene rings is 1. The molecule has 1 fully saturated rings. The number of nitrogens with one attached hydrogen (secondary N) is 3. The van der Waals surface area contributed by atoms with Crippen molar-refractivity contribution in [3.05, 3.63) is 52.3 Å². The zero-order chi connectivity index (χ0) is 26.7. The average Bonchev–Trinajstić information content (AvgIpc) is 3.29. The van der Waals surface area contributed by atoms with Crippen LogP contribution in [-0.2, 0) is 4.74 Å². The highest BCUT2D eigenvalue weighted by Crippen LogP contribution is 2.26. The normalized spacial score (nSPS) is 12.6. The Morgan fingerprint density at radius 3 is 2.28 bits per heavy atom. The highest BCUT2D eigenvalue weighted by Gasteiger charge is 2.21. The predicted octanol–water partition coefficient (Wildman–Crippen LogP) is 5.84. The van der Waals surface area contributed by atoms with Gasteiger partial charge in [0.05, 0.1) is 13.2 Å². The van der Waals surface area contributed by atoms with Crippen molar-refractivity contribution in [1.82, 2.24) is 25.1 Å². The number of hydrogen-bond acceptors (Lipinski definition) is 7. The number of ether oxygens (including phenoxy) is 1. The zero-order valence-corrected chi connectivity index (χ0v) is 23.0. The van der Waals surface area contributed by atoms with E-state index in [4.69, 9.17) is 4.74 Å². The summed E-state index contributed by atoms with van der Waals surface area (Å²) < 4.78 is 5.35. The van der Waals surface area contributed by atoms with Crippen molar-refractivity contribution >= 4 is 29.2 Å². The largest absolute Gasteiger partial charge is 0.378 e. The molecule has 0 aliphatic carbocycles. The number of carbonyl (C=O) groups is 1. The molecule has 3 heterocycles. The molecule has 9 nitrogen and oxygen atoms in total. The van der Waals surface area contributed by atoms with Gasteiger partial charge in [0.1, 0.15) is 5.82 Å². The SMILES string of the molecule is CC.CCC.Cc1cc(Nc2nc(Nc3cc(C)c(C(=O)N4CCOCC4)cc3C)ncc2C)n[nH]1. The van der Waals surface area contributed by atoms with Crippen molar-refractivity contribution in [2.75, 3.05) is 36.9 Å². The van der Waals surface area contributed by atoms with Gasteiger partial charge in [-0.05, 0) is 51.0 Å². The second-order valence-corrected chi connectivity index (χ2v) is 8.51.